The molecular formula is C14H12N2O3S. The lowest BCUT2D eigenvalue weighted by Crippen LogP contribution is -2.23. The van der Waals surface area contributed by atoms with Crippen molar-refractivity contribution in [2.75, 3.05) is 0 Å². The minimum absolute atomic E-state index is 0.219. The van der Waals surface area contributed by atoms with Crippen molar-refractivity contribution in [3.05, 3.63) is 52.0 Å². The van der Waals surface area contributed by atoms with Crippen LogP contribution in [0.1, 0.15) is 20.9 Å². The van der Waals surface area contributed by atoms with E-state index >= 15 is 0 Å². The van der Waals surface area contributed by atoms with Gasteiger partial charge in [0.1, 0.15) is 5.56 Å². The molecule has 3 aromatic rings. The summed E-state index contributed by atoms with van der Waals surface area (Å²) in [6.07, 6.45) is 1.53. The van der Waals surface area contributed by atoms with Gasteiger partial charge in [0.05, 0.1) is 18.5 Å². The molecule has 0 aliphatic heterocycles. The quantitative estimate of drug-likeness (QED) is 0.800. The van der Waals surface area contributed by atoms with Crippen molar-refractivity contribution in [1.29, 1.82) is 0 Å². The molecule has 0 saturated carbocycles. The number of furan rings is 1. The highest BCUT2D eigenvalue weighted by molar-refractivity contribution is 7.09. The lowest BCUT2D eigenvalue weighted by atomic mass is 10.1. The van der Waals surface area contributed by atoms with Gasteiger partial charge in [-0.15, -0.1) is 11.3 Å². The third-order valence-corrected chi connectivity index (χ3v) is 3.71. The largest absolute Gasteiger partial charge is 0.461 e. The summed E-state index contributed by atoms with van der Waals surface area (Å²) in [4.78, 5) is 13.4. The van der Waals surface area contributed by atoms with Gasteiger partial charge < -0.3 is 14.3 Å². The Balaban J connectivity index is 1.82. The highest BCUT2D eigenvalue weighted by Crippen LogP contribution is 2.26. The van der Waals surface area contributed by atoms with Gasteiger partial charge in [-0.1, -0.05) is 11.2 Å². The van der Waals surface area contributed by atoms with E-state index in [2.05, 4.69) is 10.5 Å². The fourth-order valence-electron chi connectivity index (χ4n) is 1.88. The topological polar surface area (TPSA) is 68.3 Å². The molecule has 0 aliphatic carbocycles. The van der Waals surface area contributed by atoms with Crippen molar-refractivity contribution in [3.63, 3.8) is 0 Å². The number of carbonyl (C=O) groups excluding carboxylic acids is 1. The maximum Gasteiger partial charge on any atom is 0.257 e. The zero-order valence-electron chi connectivity index (χ0n) is 10.8. The fourth-order valence-corrected chi connectivity index (χ4v) is 2.53. The molecule has 0 fully saturated rings. The van der Waals surface area contributed by atoms with E-state index in [0.29, 0.717) is 29.3 Å². The fraction of sp³-hybridized carbons (Fsp3) is 0.143. The Kier molecular flexibility index (Phi) is 3.39. The molecular weight excluding hydrogens is 276 g/mol. The summed E-state index contributed by atoms with van der Waals surface area (Å²) in [5.41, 5.74) is 0.955. The van der Waals surface area contributed by atoms with E-state index in [0.717, 1.165) is 4.88 Å². The van der Waals surface area contributed by atoms with E-state index in [1.807, 2.05) is 17.5 Å². The van der Waals surface area contributed by atoms with Crippen LogP contribution in [0.25, 0.3) is 11.5 Å². The predicted octanol–water partition coefficient (Wildman–Crippen LogP) is 3.23. The normalized spacial score (nSPS) is 10.7. The number of hydrogen-bond donors (Lipinski definition) is 1. The van der Waals surface area contributed by atoms with Crippen LogP contribution in [0.5, 0.6) is 0 Å². The number of thiophene rings is 1. The molecule has 0 unspecified atom stereocenters. The van der Waals surface area contributed by atoms with Crippen molar-refractivity contribution >= 4 is 17.2 Å². The van der Waals surface area contributed by atoms with Crippen molar-refractivity contribution in [3.8, 4) is 11.5 Å². The van der Waals surface area contributed by atoms with Crippen molar-refractivity contribution < 1.29 is 13.7 Å². The highest BCUT2D eigenvalue weighted by atomic mass is 32.1. The van der Waals surface area contributed by atoms with Gasteiger partial charge in [-0.05, 0) is 30.5 Å². The van der Waals surface area contributed by atoms with Crippen LogP contribution in [-0.4, -0.2) is 11.1 Å². The maximum atomic E-state index is 12.3. The molecule has 1 amide bonds. The number of nitrogens with one attached hydrogen (secondary N) is 1. The zero-order chi connectivity index (χ0) is 13.9. The van der Waals surface area contributed by atoms with E-state index in [4.69, 9.17) is 8.94 Å². The molecule has 0 bridgehead atoms. The van der Waals surface area contributed by atoms with Crippen LogP contribution in [0.2, 0.25) is 0 Å². The lowest BCUT2D eigenvalue weighted by molar-refractivity contribution is 0.0951. The SMILES string of the molecule is Cc1noc(-c2ccco2)c1C(=O)NCc1cccs1. The Morgan fingerprint density at radius 2 is 2.30 bits per heavy atom. The average Bonchev–Trinajstić information content (AvgIpc) is 3.17. The molecule has 0 aliphatic rings. The van der Waals surface area contributed by atoms with Crippen LogP contribution in [0.15, 0.2) is 44.8 Å². The number of rotatable bonds is 4. The minimum atomic E-state index is -0.219. The Hall–Kier alpha value is -2.34. The molecule has 20 heavy (non-hydrogen) atoms. The summed E-state index contributed by atoms with van der Waals surface area (Å²) in [5, 5.41) is 8.68. The van der Waals surface area contributed by atoms with Crippen molar-refractivity contribution in [2.24, 2.45) is 0 Å². The zero-order valence-corrected chi connectivity index (χ0v) is 11.6. The first-order valence-electron chi connectivity index (χ1n) is 6.06. The Bertz CT molecular complexity index is 699. The first-order valence-corrected chi connectivity index (χ1v) is 6.94. The second-order valence-electron chi connectivity index (χ2n) is 4.21. The van der Waals surface area contributed by atoms with Gasteiger partial charge in [0.25, 0.3) is 5.91 Å². The monoisotopic (exact) mass is 288 g/mol. The highest BCUT2D eigenvalue weighted by Gasteiger charge is 2.23. The molecule has 5 nitrogen and oxygen atoms in total. The second kappa shape index (κ2) is 5.34. The molecule has 1 N–H and O–H groups in total. The molecule has 6 heteroatoms. The van der Waals surface area contributed by atoms with Crippen LogP contribution < -0.4 is 5.32 Å². The van der Waals surface area contributed by atoms with Gasteiger partial charge in [0.2, 0.25) is 5.76 Å². The van der Waals surface area contributed by atoms with E-state index in [1.165, 1.54) is 6.26 Å². The van der Waals surface area contributed by atoms with Gasteiger partial charge in [-0.25, -0.2) is 0 Å². The van der Waals surface area contributed by atoms with Crippen LogP contribution in [0.3, 0.4) is 0 Å². The standard InChI is InChI=1S/C14H12N2O3S/c1-9-12(13(19-16-9)11-5-2-6-18-11)14(17)15-8-10-4-3-7-20-10/h2-7H,8H2,1H3,(H,15,17). The molecule has 3 heterocycles. The Morgan fingerprint density at radius 3 is 3.00 bits per heavy atom. The molecule has 0 atom stereocenters. The van der Waals surface area contributed by atoms with Crippen LogP contribution in [0.4, 0.5) is 0 Å². The number of hydrogen-bond acceptors (Lipinski definition) is 5. The average molecular weight is 288 g/mol. The second-order valence-corrected chi connectivity index (χ2v) is 5.24. The number of amides is 1. The van der Waals surface area contributed by atoms with E-state index in [-0.39, 0.29) is 5.91 Å². The summed E-state index contributed by atoms with van der Waals surface area (Å²) in [7, 11) is 0. The summed E-state index contributed by atoms with van der Waals surface area (Å²) in [6.45, 7) is 2.22. The van der Waals surface area contributed by atoms with E-state index in [9.17, 15) is 4.79 Å². The summed E-state index contributed by atoms with van der Waals surface area (Å²) in [5.74, 6) is 0.631. The van der Waals surface area contributed by atoms with Gasteiger partial charge in [0, 0.05) is 4.88 Å². The molecule has 3 aromatic heterocycles. The number of aryl methyl sites for hydroxylation is 1. The van der Waals surface area contributed by atoms with E-state index < -0.39 is 0 Å². The number of carbonyl (C=O) groups is 1. The Morgan fingerprint density at radius 1 is 1.40 bits per heavy atom. The number of aromatic nitrogens is 1. The summed E-state index contributed by atoms with van der Waals surface area (Å²) < 4.78 is 10.5. The molecule has 102 valence electrons. The third kappa shape index (κ3) is 2.37. The first kappa shape index (κ1) is 12.7. The molecule has 0 radical (unpaired) electrons. The van der Waals surface area contributed by atoms with Crippen LogP contribution in [0, 0.1) is 6.92 Å². The molecule has 0 saturated heterocycles. The smallest absolute Gasteiger partial charge is 0.257 e. The van der Waals surface area contributed by atoms with Crippen molar-refractivity contribution in [2.45, 2.75) is 13.5 Å². The number of nitrogens with zero attached hydrogens (tertiary/aromatic N) is 1. The first-order chi connectivity index (χ1) is 9.75. The predicted molar refractivity (Wildman–Crippen MR) is 74.4 cm³/mol. The van der Waals surface area contributed by atoms with Crippen molar-refractivity contribution in [1.82, 2.24) is 10.5 Å². The van der Waals surface area contributed by atoms with E-state index in [1.54, 1.807) is 30.4 Å². The molecule has 0 aromatic carbocycles. The summed E-state index contributed by atoms with van der Waals surface area (Å²) in [6, 6.07) is 7.39. The van der Waals surface area contributed by atoms with Crippen LogP contribution >= 0.6 is 11.3 Å². The molecule has 0 spiro atoms. The maximum absolute atomic E-state index is 12.3. The van der Waals surface area contributed by atoms with Gasteiger partial charge in [0.15, 0.2) is 5.76 Å². The molecule has 3 rings (SSSR count). The van der Waals surface area contributed by atoms with Gasteiger partial charge >= 0.3 is 0 Å². The van der Waals surface area contributed by atoms with Gasteiger partial charge in [-0.3, -0.25) is 4.79 Å². The summed E-state index contributed by atoms with van der Waals surface area (Å²) >= 11 is 1.60. The third-order valence-electron chi connectivity index (χ3n) is 2.84. The Labute approximate surface area is 119 Å². The van der Waals surface area contributed by atoms with Gasteiger partial charge in [-0.2, -0.15) is 0 Å². The van der Waals surface area contributed by atoms with Crippen LogP contribution in [-0.2, 0) is 6.54 Å². The minimum Gasteiger partial charge on any atom is -0.461 e. The lowest BCUT2D eigenvalue weighted by Gasteiger charge is -2.03.